The lowest BCUT2D eigenvalue weighted by Gasteiger charge is -2.19. The molecule has 2 atom stereocenters. The first-order valence-corrected chi connectivity index (χ1v) is 4.67. The molecule has 0 fully saturated rings. The van der Waals surface area contributed by atoms with Gasteiger partial charge >= 0.3 is 5.97 Å². The molecule has 2 unspecified atom stereocenters. The Morgan fingerprint density at radius 3 is 2.19 bits per heavy atom. The number of carbonyl (C=O) groups excluding carboxylic acids is 2. The van der Waals surface area contributed by atoms with E-state index in [0.717, 1.165) is 4.90 Å². The Kier molecular flexibility index (Phi) is 5.44. The maximum absolute atomic E-state index is 11.3. The molecule has 0 saturated carbocycles. The highest BCUT2D eigenvalue weighted by atomic mass is 16.4. The second-order valence-corrected chi connectivity index (χ2v) is 3.50. The monoisotopic (exact) mass is 232 g/mol. The smallest absolute Gasteiger partial charge is 0.328 e. The third-order valence-electron chi connectivity index (χ3n) is 1.98. The lowest BCUT2D eigenvalue weighted by atomic mass is 10.2. The van der Waals surface area contributed by atoms with E-state index >= 15 is 0 Å². The van der Waals surface area contributed by atoms with Crippen molar-refractivity contribution in [3.8, 4) is 0 Å². The van der Waals surface area contributed by atoms with Crippen LogP contribution in [0.5, 0.6) is 0 Å². The van der Waals surface area contributed by atoms with Gasteiger partial charge in [-0.1, -0.05) is 0 Å². The zero-order valence-corrected chi connectivity index (χ0v) is 9.43. The molecular weight excluding hydrogens is 216 g/mol. The summed E-state index contributed by atoms with van der Waals surface area (Å²) >= 11 is 0. The van der Waals surface area contributed by atoms with Gasteiger partial charge in [-0.2, -0.15) is 0 Å². The van der Waals surface area contributed by atoms with E-state index in [0.29, 0.717) is 0 Å². The van der Waals surface area contributed by atoms with Gasteiger partial charge in [0.1, 0.15) is 0 Å². The molecule has 0 spiro atoms. The van der Waals surface area contributed by atoms with Crippen LogP contribution in [-0.4, -0.2) is 58.6 Å². The van der Waals surface area contributed by atoms with E-state index in [1.165, 1.54) is 20.9 Å². The second kappa shape index (κ2) is 6.06. The number of amides is 2. The van der Waals surface area contributed by atoms with Gasteiger partial charge in [0.25, 0.3) is 0 Å². The molecule has 0 heterocycles. The molecule has 0 aromatic heterocycles. The number of aliphatic hydroxyl groups excluding tert-OH is 1. The minimum atomic E-state index is -1.37. The Morgan fingerprint density at radius 1 is 1.38 bits per heavy atom. The van der Waals surface area contributed by atoms with Crippen molar-refractivity contribution in [2.45, 2.75) is 26.0 Å². The highest BCUT2D eigenvalue weighted by Gasteiger charge is 2.25. The molecule has 0 saturated heterocycles. The average molecular weight is 232 g/mol. The molecule has 0 rings (SSSR count). The fraction of sp³-hybridized carbons (Fsp3) is 0.667. The molecule has 0 bridgehead atoms. The van der Waals surface area contributed by atoms with Crippen molar-refractivity contribution in [1.29, 1.82) is 0 Å². The molecule has 7 heteroatoms. The van der Waals surface area contributed by atoms with Crippen LogP contribution in [0.2, 0.25) is 0 Å². The number of hydrogen-bond acceptors (Lipinski definition) is 4. The molecule has 7 nitrogen and oxygen atoms in total. The van der Waals surface area contributed by atoms with Crippen LogP contribution >= 0.6 is 0 Å². The molecule has 92 valence electrons. The minimum absolute atomic E-state index is 0.244. The first-order chi connectivity index (χ1) is 7.25. The van der Waals surface area contributed by atoms with E-state index in [1.807, 2.05) is 0 Å². The van der Waals surface area contributed by atoms with Gasteiger partial charge in [0.05, 0.1) is 12.6 Å². The summed E-state index contributed by atoms with van der Waals surface area (Å²) in [5.41, 5.74) is 0. The fourth-order valence-corrected chi connectivity index (χ4v) is 0.935. The summed E-state index contributed by atoms with van der Waals surface area (Å²) < 4.78 is 0. The third kappa shape index (κ3) is 4.74. The summed E-state index contributed by atoms with van der Waals surface area (Å²) in [4.78, 5) is 33.9. The topological polar surface area (TPSA) is 107 Å². The summed E-state index contributed by atoms with van der Waals surface area (Å²) in [5, 5.41) is 19.9. The number of rotatable bonds is 5. The van der Waals surface area contributed by atoms with Crippen molar-refractivity contribution in [1.82, 2.24) is 10.2 Å². The van der Waals surface area contributed by atoms with Gasteiger partial charge in [0.15, 0.2) is 6.04 Å². The predicted molar refractivity (Wildman–Crippen MR) is 54.6 cm³/mol. The molecule has 0 aromatic carbocycles. The van der Waals surface area contributed by atoms with Crippen molar-refractivity contribution >= 4 is 17.8 Å². The van der Waals surface area contributed by atoms with Crippen LogP contribution in [-0.2, 0) is 14.4 Å². The van der Waals surface area contributed by atoms with Crippen LogP contribution in [0, 0.1) is 0 Å². The summed E-state index contributed by atoms with van der Waals surface area (Å²) in [5.74, 6) is -2.26. The van der Waals surface area contributed by atoms with Crippen LogP contribution in [0.4, 0.5) is 0 Å². The zero-order chi connectivity index (χ0) is 12.9. The molecule has 2 amide bonds. The van der Waals surface area contributed by atoms with Crippen molar-refractivity contribution in [2.24, 2.45) is 0 Å². The van der Waals surface area contributed by atoms with Crippen molar-refractivity contribution < 1.29 is 24.6 Å². The highest BCUT2D eigenvalue weighted by Crippen LogP contribution is 1.93. The highest BCUT2D eigenvalue weighted by molar-refractivity contribution is 5.87. The Hall–Kier alpha value is -1.63. The van der Waals surface area contributed by atoms with Gasteiger partial charge in [0, 0.05) is 14.0 Å². The number of nitrogens with one attached hydrogen (secondary N) is 1. The van der Waals surface area contributed by atoms with Crippen molar-refractivity contribution in [2.75, 3.05) is 13.6 Å². The molecule has 0 aliphatic carbocycles. The summed E-state index contributed by atoms with van der Waals surface area (Å²) in [6, 6.07) is -1.37. The first-order valence-electron chi connectivity index (χ1n) is 4.67. The SMILES string of the molecule is CC(=O)N(C)CC(=O)NC(C(=O)O)C(C)O. The van der Waals surface area contributed by atoms with Crippen molar-refractivity contribution in [3.63, 3.8) is 0 Å². The number of carboxylic acid groups (broad SMARTS) is 1. The number of carbonyl (C=O) groups is 3. The van der Waals surface area contributed by atoms with Crippen LogP contribution in [0.25, 0.3) is 0 Å². The van der Waals surface area contributed by atoms with Gasteiger partial charge in [0.2, 0.25) is 11.8 Å². The largest absolute Gasteiger partial charge is 0.480 e. The number of aliphatic hydroxyl groups is 1. The molecular formula is C9H16N2O5. The lowest BCUT2D eigenvalue weighted by molar-refractivity contribution is -0.145. The molecule has 0 aliphatic heterocycles. The standard InChI is InChI=1S/C9H16N2O5/c1-5(12)8(9(15)16)10-7(14)4-11(3)6(2)13/h5,8,12H,4H2,1-3H3,(H,10,14)(H,15,16). The number of nitrogens with zero attached hydrogens (tertiary/aromatic N) is 1. The van der Waals surface area contributed by atoms with E-state index in [-0.39, 0.29) is 12.5 Å². The van der Waals surface area contributed by atoms with E-state index in [2.05, 4.69) is 5.32 Å². The van der Waals surface area contributed by atoms with Crippen LogP contribution in [0.15, 0.2) is 0 Å². The van der Waals surface area contributed by atoms with Gasteiger partial charge in [-0.05, 0) is 6.92 Å². The number of carboxylic acids is 1. The molecule has 3 N–H and O–H groups in total. The van der Waals surface area contributed by atoms with E-state index in [9.17, 15) is 14.4 Å². The van der Waals surface area contributed by atoms with Crippen LogP contribution in [0.1, 0.15) is 13.8 Å². The van der Waals surface area contributed by atoms with Gasteiger partial charge < -0.3 is 20.4 Å². The summed E-state index contributed by atoms with van der Waals surface area (Å²) in [7, 11) is 1.42. The van der Waals surface area contributed by atoms with Crippen molar-refractivity contribution in [3.05, 3.63) is 0 Å². The Labute approximate surface area is 93.0 Å². The minimum Gasteiger partial charge on any atom is -0.480 e. The van der Waals surface area contributed by atoms with Gasteiger partial charge in [-0.15, -0.1) is 0 Å². The Balaban J connectivity index is 4.31. The first kappa shape index (κ1) is 14.4. The van der Waals surface area contributed by atoms with Gasteiger partial charge in [-0.25, -0.2) is 4.79 Å². The molecule has 0 aromatic rings. The van der Waals surface area contributed by atoms with Gasteiger partial charge in [-0.3, -0.25) is 9.59 Å². The molecule has 16 heavy (non-hydrogen) atoms. The predicted octanol–water partition coefficient (Wildman–Crippen LogP) is -1.59. The van der Waals surface area contributed by atoms with Crippen LogP contribution in [0.3, 0.4) is 0 Å². The van der Waals surface area contributed by atoms with E-state index in [4.69, 9.17) is 10.2 Å². The zero-order valence-electron chi connectivity index (χ0n) is 9.43. The molecule has 0 aliphatic rings. The van der Waals surface area contributed by atoms with Crippen LogP contribution < -0.4 is 5.32 Å². The number of likely N-dealkylation sites (N-methyl/N-ethyl adjacent to an activating group) is 1. The lowest BCUT2D eigenvalue weighted by Crippen LogP contribution is -2.50. The average Bonchev–Trinajstić information content (AvgIpc) is 2.12. The second-order valence-electron chi connectivity index (χ2n) is 3.50. The third-order valence-corrected chi connectivity index (χ3v) is 1.98. The Morgan fingerprint density at radius 2 is 1.88 bits per heavy atom. The molecule has 0 radical (unpaired) electrons. The fourth-order valence-electron chi connectivity index (χ4n) is 0.935. The number of aliphatic carboxylic acids is 1. The maximum Gasteiger partial charge on any atom is 0.328 e. The van der Waals surface area contributed by atoms with E-state index in [1.54, 1.807) is 0 Å². The summed E-state index contributed by atoms with van der Waals surface area (Å²) in [6.07, 6.45) is -1.20. The normalized spacial score (nSPS) is 13.8. The van der Waals surface area contributed by atoms with E-state index < -0.39 is 24.0 Å². The maximum atomic E-state index is 11.3. The number of hydrogen-bond donors (Lipinski definition) is 3. The summed E-state index contributed by atoms with van der Waals surface area (Å²) in [6.45, 7) is 2.30. The quantitative estimate of drug-likeness (QED) is 0.530. The Bertz CT molecular complexity index is 290.